The van der Waals surface area contributed by atoms with Crippen molar-refractivity contribution in [1.29, 1.82) is 5.26 Å². The molecule has 0 spiro atoms. The van der Waals surface area contributed by atoms with E-state index in [1.807, 2.05) is 0 Å². The number of nitrogens with zero attached hydrogens (tertiary/aromatic N) is 2. The lowest BCUT2D eigenvalue weighted by atomic mass is 9.78. The Morgan fingerprint density at radius 3 is 2.76 bits per heavy atom. The maximum Gasteiger partial charge on any atom is 0.108 e. The van der Waals surface area contributed by atoms with Crippen LogP contribution < -0.4 is 5.32 Å². The van der Waals surface area contributed by atoms with Gasteiger partial charge in [-0.05, 0) is 58.9 Å². The Bertz CT molecular complexity index is 360. The number of likely N-dealkylation sites (N-methyl/N-ethyl adjacent to an activating group) is 1. The molecule has 2 fully saturated rings. The molecule has 1 saturated heterocycles. The molecule has 2 aliphatic rings. The number of rotatable bonds is 6. The van der Waals surface area contributed by atoms with Crippen LogP contribution in [0.4, 0.5) is 0 Å². The summed E-state index contributed by atoms with van der Waals surface area (Å²) < 4.78 is 5.80. The van der Waals surface area contributed by atoms with E-state index in [4.69, 9.17) is 4.74 Å². The highest BCUT2D eigenvalue weighted by molar-refractivity contribution is 5.11. The standard InChI is InChI=1S/C17H31N3O/c1-4-20(12-16-8-6-10-21-16)15-7-5-9-17(11-15,13-18)19-14(2)3/h14-16,19H,4-12H2,1-3H3. The molecule has 4 nitrogen and oxygen atoms in total. The van der Waals surface area contributed by atoms with E-state index in [2.05, 4.69) is 37.1 Å². The Morgan fingerprint density at radius 1 is 1.38 bits per heavy atom. The molecule has 0 radical (unpaired) electrons. The van der Waals surface area contributed by atoms with Crippen LogP contribution in [-0.4, -0.2) is 48.3 Å². The molecule has 120 valence electrons. The zero-order valence-electron chi connectivity index (χ0n) is 13.9. The van der Waals surface area contributed by atoms with E-state index in [9.17, 15) is 5.26 Å². The summed E-state index contributed by atoms with van der Waals surface area (Å²) in [5.74, 6) is 0. The van der Waals surface area contributed by atoms with Crippen LogP contribution in [0, 0.1) is 11.3 Å². The first-order chi connectivity index (χ1) is 10.1. The van der Waals surface area contributed by atoms with Gasteiger partial charge in [-0.1, -0.05) is 6.92 Å². The summed E-state index contributed by atoms with van der Waals surface area (Å²) in [7, 11) is 0. The van der Waals surface area contributed by atoms with Gasteiger partial charge in [-0.2, -0.15) is 5.26 Å². The van der Waals surface area contributed by atoms with Crippen LogP contribution in [-0.2, 0) is 4.74 Å². The van der Waals surface area contributed by atoms with Gasteiger partial charge in [0.25, 0.3) is 0 Å². The van der Waals surface area contributed by atoms with Crippen molar-refractivity contribution in [3.05, 3.63) is 0 Å². The molecule has 0 amide bonds. The summed E-state index contributed by atoms with van der Waals surface area (Å²) in [5.41, 5.74) is -0.332. The maximum absolute atomic E-state index is 9.69. The maximum atomic E-state index is 9.69. The summed E-state index contributed by atoms with van der Waals surface area (Å²) in [6.45, 7) is 9.49. The van der Waals surface area contributed by atoms with Crippen molar-refractivity contribution in [1.82, 2.24) is 10.2 Å². The largest absolute Gasteiger partial charge is 0.377 e. The van der Waals surface area contributed by atoms with Gasteiger partial charge in [-0.15, -0.1) is 0 Å². The zero-order valence-corrected chi connectivity index (χ0v) is 13.9. The lowest BCUT2D eigenvalue weighted by molar-refractivity contribution is 0.0420. The van der Waals surface area contributed by atoms with Crippen LogP contribution in [0.3, 0.4) is 0 Å². The van der Waals surface area contributed by atoms with Crippen LogP contribution in [0.2, 0.25) is 0 Å². The first-order valence-electron chi connectivity index (χ1n) is 8.63. The average Bonchev–Trinajstić information content (AvgIpc) is 2.97. The van der Waals surface area contributed by atoms with E-state index >= 15 is 0 Å². The first kappa shape index (κ1) is 16.7. The SMILES string of the molecule is CCN(CC1CCCO1)C1CCCC(C#N)(NC(C)C)C1. The summed E-state index contributed by atoms with van der Waals surface area (Å²) >= 11 is 0. The van der Waals surface area contributed by atoms with Gasteiger partial charge >= 0.3 is 0 Å². The van der Waals surface area contributed by atoms with Crippen LogP contribution in [0.1, 0.15) is 59.3 Å². The highest BCUT2D eigenvalue weighted by Gasteiger charge is 2.39. The van der Waals surface area contributed by atoms with Crippen LogP contribution in [0.15, 0.2) is 0 Å². The van der Waals surface area contributed by atoms with Crippen molar-refractivity contribution < 1.29 is 4.74 Å². The van der Waals surface area contributed by atoms with Crippen molar-refractivity contribution in [3.8, 4) is 6.07 Å². The third-order valence-corrected chi connectivity index (χ3v) is 4.89. The molecule has 1 N–H and O–H groups in total. The smallest absolute Gasteiger partial charge is 0.108 e. The molecule has 0 aromatic rings. The van der Waals surface area contributed by atoms with Crippen molar-refractivity contribution in [2.24, 2.45) is 0 Å². The van der Waals surface area contributed by atoms with Crippen molar-refractivity contribution in [2.75, 3.05) is 19.7 Å². The number of nitriles is 1. The molecule has 3 atom stereocenters. The summed E-state index contributed by atoms with van der Waals surface area (Å²) in [6.07, 6.45) is 7.07. The molecule has 1 aliphatic heterocycles. The highest BCUT2D eigenvalue weighted by atomic mass is 16.5. The van der Waals surface area contributed by atoms with E-state index in [0.717, 1.165) is 39.0 Å². The van der Waals surface area contributed by atoms with Crippen molar-refractivity contribution >= 4 is 0 Å². The fourth-order valence-electron chi connectivity index (χ4n) is 3.96. The van der Waals surface area contributed by atoms with Gasteiger partial charge in [0, 0.05) is 25.2 Å². The van der Waals surface area contributed by atoms with Crippen LogP contribution >= 0.6 is 0 Å². The second-order valence-corrected chi connectivity index (χ2v) is 6.97. The normalized spacial score (nSPS) is 33.5. The Balaban J connectivity index is 1.98. The number of ether oxygens (including phenoxy) is 1. The van der Waals surface area contributed by atoms with Crippen LogP contribution in [0.5, 0.6) is 0 Å². The molecular formula is C17H31N3O. The fraction of sp³-hybridized carbons (Fsp3) is 0.941. The molecule has 21 heavy (non-hydrogen) atoms. The molecule has 1 heterocycles. The van der Waals surface area contributed by atoms with E-state index in [-0.39, 0.29) is 5.54 Å². The molecule has 2 rings (SSSR count). The van der Waals surface area contributed by atoms with Gasteiger partial charge in [0.15, 0.2) is 0 Å². The second-order valence-electron chi connectivity index (χ2n) is 6.97. The summed E-state index contributed by atoms with van der Waals surface area (Å²) in [6, 6.07) is 3.45. The van der Waals surface area contributed by atoms with E-state index in [1.165, 1.54) is 19.3 Å². The van der Waals surface area contributed by atoms with Gasteiger partial charge in [0.1, 0.15) is 5.54 Å². The van der Waals surface area contributed by atoms with Gasteiger partial charge in [-0.25, -0.2) is 0 Å². The molecule has 3 unspecified atom stereocenters. The van der Waals surface area contributed by atoms with Crippen molar-refractivity contribution in [3.63, 3.8) is 0 Å². The summed E-state index contributed by atoms with van der Waals surface area (Å²) in [5, 5.41) is 13.2. The molecule has 1 saturated carbocycles. The van der Waals surface area contributed by atoms with Gasteiger partial charge in [0.2, 0.25) is 0 Å². The Kier molecular flexibility index (Phi) is 6.04. The number of hydrogen-bond acceptors (Lipinski definition) is 4. The Morgan fingerprint density at radius 2 is 2.19 bits per heavy atom. The predicted octanol–water partition coefficient (Wildman–Crippen LogP) is 2.69. The van der Waals surface area contributed by atoms with E-state index < -0.39 is 0 Å². The zero-order chi connectivity index (χ0) is 15.3. The second kappa shape index (κ2) is 7.58. The predicted molar refractivity (Wildman–Crippen MR) is 85.1 cm³/mol. The lowest BCUT2D eigenvalue weighted by Crippen LogP contribution is -2.55. The molecule has 0 aromatic heterocycles. The number of nitrogens with one attached hydrogen (secondary N) is 1. The first-order valence-corrected chi connectivity index (χ1v) is 8.63. The van der Waals surface area contributed by atoms with Crippen molar-refractivity contribution in [2.45, 2.75) is 83.0 Å². The Hall–Kier alpha value is -0.630. The monoisotopic (exact) mass is 293 g/mol. The topological polar surface area (TPSA) is 48.3 Å². The van der Waals surface area contributed by atoms with Gasteiger partial charge in [-0.3, -0.25) is 10.2 Å². The summed E-state index contributed by atoms with van der Waals surface area (Å²) in [4.78, 5) is 2.54. The molecule has 0 bridgehead atoms. The van der Waals surface area contributed by atoms with Crippen LogP contribution in [0.25, 0.3) is 0 Å². The van der Waals surface area contributed by atoms with E-state index in [0.29, 0.717) is 18.2 Å². The number of hydrogen-bond donors (Lipinski definition) is 1. The third kappa shape index (κ3) is 4.42. The minimum Gasteiger partial charge on any atom is -0.377 e. The van der Waals surface area contributed by atoms with E-state index in [1.54, 1.807) is 0 Å². The lowest BCUT2D eigenvalue weighted by Gasteiger charge is -2.42. The van der Waals surface area contributed by atoms with Gasteiger partial charge < -0.3 is 4.74 Å². The quantitative estimate of drug-likeness (QED) is 0.818. The highest BCUT2D eigenvalue weighted by Crippen LogP contribution is 2.32. The molecular weight excluding hydrogens is 262 g/mol. The molecule has 0 aromatic carbocycles. The average molecular weight is 293 g/mol. The fourth-order valence-corrected chi connectivity index (χ4v) is 3.96. The Labute approximate surface area is 129 Å². The van der Waals surface area contributed by atoms with Gasteiger partial charge in [0.05, 0.1) is 12.2 Å². The minimum atomic E-state index is -0.332. The third-order valence-electron chi connectivity index (χ3n) is 4.89. The minimum absolute atomic E-state index is 0.332. The molecule has 4 heteroatoms. The molecule has 1 aliphatic carbocycles.